The van der Waals surface area contributed by atoms with Crippen LogP contribution in [0.4, 0.5) is 0 Å². The van der Waals surface area contributed by atoms with Crippen molar-refractivity contribution >= 4 is 24.1 Å². The highest BCUT2D eigenvalue weighted by atomic mass is 32.7. The monoisotopic (exact) mass is 415 g/mol. The highest BCUT2D eigenvalue weighted by Gasteiger charge is 2.27. The Labute approximate surface area is 168 Å². The highest BCUT2D eigenvalue weighted by molar-refractivity contribution is 8.55. The van der Waals surface area contributed by atoms with Crippen molar-refractivity contribution in [1.82, 2.24) is 5.32 Å². The molecule has 1 amide bonds. The van der Waals surface area contributed by atoms with E-state index in [1.165, 1.54) is 19.3 Å². The molecule has 0 heterocycles. The van der Waals surface area contributed by atoms with E-state index in [0.717, 1.165) is 29.8 Å². The number of benzene rings is 1. The molecular weight excluding hydrogens is 381 g/mol. The average Bonchev–Trinajstić information content (AvgIpc) is 2.66. The number of amides is 1. The van der Waals surface area contributed by atoms with Gasteiger partial charge in [-0.15, -0.1) is 0 Å². The largest absolute Gasteiger partial charge is 0.389 e. The molecule has 0 aromatic heterocycles. The minimum Gasteiger partial charge on any atom is -0.348 e. The molecule has 27 heavy (non-hydrogen) atoms. The van der Waals surface area contributed by atoms with E-state index in [4.69, 9.17) is 9.05 Å². The number of nitrogens with one attached hydrogen (secondary N) is 1. The van der Waals surface area contributed by atoms with Crippen molar-refractivity contribution in [1.29, 1.82) is 0 Å². The Morgan fingerprint density at radius 2 is 1.67 bits per heavy atom. The van der Waals surface area contributed by atoms with E-state index in [1.807, 2.05) is 30.3 Å². The predicted molar refractivity (Wildman–Crippen MR) is 114 cm³/mol. The van der Waals surface area contributed by atoms with Gasteiger partial charge < -0.3 is 14.4 Å². The Bertz CT molecular complexity index is 560. The minimum atomic E-state index is -3.21. The molecule has 0 spiro atoms. The van der Waals surface area contributed by atoms with Gasteiger partial charge in [0.2, 0.25) is 5.91 Å². The summed E-state index contributed by atoms with van der Waals surface area (Å²) in [5, 5.41) is 3.09. The second-order valence-electron chi connectivity index (χ2n) is 6.27. The van der Waals surface area contributed by atoms with E-state index >= 15 is 0 Å². The predicted octanol–water partition coefficient (Wildman–Crippen LogP) is 6.12. The molecule has 0 saturated carbocycles. The normalized spacial score (nSPS) is 12.7. The molecule has 0 aliphatic rings. The lowest BCUT2D eigenvalue weighted by Crippen LogP contribution is -2.29. The Balaban J connectivity index is 2.66. The van der Waals surface area contributed by atoms with Gasteiger partial charge in [0, 0.05) is 12.2 Å². The lowest BCUT2D eigenvalue weighted by Gasteiger charge is -2.22. The number of carbonyl (C=O) groups excluding carboxylic acids is 1. The highest BCUT2D eigenvalue weighted by Crippen LogP contribution is 2.61. The molecule has 0 radical (unpaired) electrons. The molecule has 1 aromatic carbocycles. The molecule has 0 fully saturated rings. The smallest absolute Gasteiger partial charge is 0.348 e. The van der Waals surface area contributed by atoms with E-state index in [0.29, 0.717) is 25.4 Å². The Morgan fingerprint density at radius 1 is 1.04 bits per heavy atom. The summed E-state index contributed by atoms with van der Waals surface area (Å²) in [6, 6.07) is 9.53. The Hall–Kier alpha value is -0.810. The number of hydrogen-bond donors (Lipinski definition) is 1. The first-order valence-electron chi connectivity index (χ1n) is 9.92. The first-order chi connectivity index (χ1) is 13.0. The van der Waals surface area contributed by atoms with Crippen molar-refractivity contribution in [3.63, 3.8) is 0 Å². The molecule has 7 heteroatoms. The third kappa shape index (κ3) is 10.3. The van der Waals surface area contributed by atoms with Crippen molar-refractivity contribution in [3.8, 4) is 0 Å². The second kappa shape index (κ2) is 14.2. The maximum atomic E-state index is 12.7. The standard InChI is InChI=1S/C20H34NO4PS/c1-4-7-8-9-13-16-20(22)21-19(18-14-11-10-12-15-18)17-27-26(23,24-5-2)25-6-3/h10-12,14-15,19H,4-9,13,16-17H2,1-3H3,(H,21,22). The molecule has 1 aromatic rings. The zero-order valence-corrected chi connectivity index (χ0v) is 18.5. The molecule has 154 valence electrons. The molecule has 1 unspecified atom stereocenters. The first-order valence-corrected chi connectivity index (χ1v) is 13.1. The summed E-state index contributed by atoms with van der Waals surface area (Å²) < 4.78 is 23.4. The summed E-state index contributed by atoms with van der Waals surface area (Å²) in [6.45, 7) is 3.21. The Morgan fingerprint density at radius 3 is 2.26 bits per heavy atom. The van der Waals surface area contributed by atoms with E-state index < -0.39 is 6.80 Å². The number of rotatable bonds is 15. The van der Waals surface area contributed by atoms with Gasteiger partial charge >= 0.3 is 6.80 Å². The third-order valence-corrected chi connectivity index (χ3v) is 7.99. The molecule has 0 bridgehead atoms. The maximum Gasteiger partial charge on any atom is 0.389 e. The summed E-state index contributed by atoms with van der Waals surface area (Å²) in [6.07, 6.45) is 6.08. The molecule has 0 aliphatic carbocycles. The van der Waals surface area contributed by atoms with Crippen LogP contribution in [0.25, 0.3) is 0 Å². The fraction of sp³-hybridized carbons (Fsp3) is 0.650. The minimum absolute atomic E-state index is 0.0311. The SMILES string of the molecule is CCCCCCCC(=O)NC(CSP(=O)(OCC)OCC)c1ccccc1. The Kier molecular flexibility index (Phi) is 12.8. The van der Waals surface area contributed by atoms with Gasteiger partial charge in [0.1, 0.15) is 0 Å². The van der Waals surface area contributed by atoms with Gasteiger partial charge in [-0.2, -0.15) is 0 Å². The first kappa shape index (κ1) is 24.2. The van der Waals surface area contributed by atoms with E-state index in [9.17, 15) is 9.36 Å². The quantitative estimate of drug-likeness (QED) is 0.276. The molecular formula is C20H34NO4PS. The van der Waals surface area contributed by atoms with Gasteiger partial charge in [0.05, 0.1) is 19.3 Å². The van der Waals surface area contributed by atoms with Gasteiger partial charge in [0.25, 0.3) is 0 Å². The van der Waals surface area contributed by atoms with Crippen LogP contribution >= 0.6 is 18.2 Å². The number of unbranched alkanes of at least 4 members (excludes halogenated alkanes) is 4. The fourth-order valence-electron chi connectivity index (χ4n) is 2.66. The van der Waals surface area contributed by atoms with Gasteiger partial charge in [-0.05, 0) is 37.2 Å². The average molecular weight is 416 g/mol. The topological polar surface area (TPSA) is 64.6 Å². The third-order valence-electron chi connectivity index (χ3n) is 4.02. The summed E-state index contributed by atoms with van der Waals surface area (Å²) in [7, 11) is 0. The van der Waals surface area contributed by atoms with Gasteiger partial charge in [0.15, 0.2) is 0 Å². The van der Waals surface area contributed by atoms with E-state index in [1.54, 1.807) is 13.8 Å². The van der Waals surface area contributed by atoms with Crippen molar-refractivity contribution in [3.05, 3.63) is 35.9 Å². The zero-order valence-electron chi connectivity index (χ0n) is 16.8. The van der Waals surface area contributed by atoms with Crippen LogP contribution in [0.5, 0.6) is 0 Å². The van der Waals surface area contributed by atoms with Gasteiger partial charge in [-0.1, -0.05) is 62.9 Å². The lowest BCUT2D eigenvalue weighted by atomic mass is 10.1. The second-order valence-corrected chi connectivity index (χ2v) is 10.4. The van der Waals surface area contributed by atoms with Gasteiger partial charge in [-0.3, -0.25) is 4.79 Å². The molecule has 1 N–H and O–H groups in total. The molecule has 0 saturated heterocycles. The number of carbonyl (C=O) groups is 1. The molecule has 5 nitrogen and oxygen atoms in total. The van der Waals surface area contributed by atoms with Crippen LogP contribution in [-0.4, -0.2) is 24.9 Å². The maximum absolute atomic E-state index is 12.7. The summed E-state index contributed by atoms with van der Waals surface area (Å²) in [4.78, 5) is 12.4. The lowest BCUT2D eigenvalue weighted by molar-refractivity contribution is -0.121. The van der Waals surface area contributed by atoms with Crippen LogP contribution in [-0.2, 0) is 18.4 Å². The van der Waals surface area contributed by atoms with Crippen molar-refractivity contribution in [2.75, 3.05) is 19.0 Å². The molecule has 1 rings (SSSR count). The molecule has 1 atom stereocenters. The van der Waals surface area contributed by atoms with Crippen LogP contribution in [0.15, 0.2) is 30.3 Å². The molecule has 0 aliphatic heterocycles. The van der Waals surface area contributed by atoms with Crippen molar-refractivity contribution in [2.45, 2.75) is 65.3 Å². The van der Waals surface area contributed by atoms with Crippen LogP contribution in [0.1, 0.15) is 70.9 Å². The summed E-state index contributed by atoms with van der Waals surface area (Å²) >= 11 is 1.15. The summed E-state index contributed by atoms with van der Waals surface area (Å²) in [5.41, 5.74) is 0.990. The number of hydrogen-bond acceptors (Lipinski definition) is 5. The van der Waals surface area contributed by atoms with Crippen LogP contribution in [0.2, 0.25) is 0 Å². The summed E-state index contributed by atoms with van der Waals surface area (Å²) in [5.74, 6) is 0.465. The van der Waals surface area contributed by atoms with Crippen LogP contribution in [0.3, 0.4) is 0 Å². The fourth-order valence-corrected chi connectivity index (χ4v) is 6.19. The zero-order chi connectivity index (χ0) is 20.0. The van der Waals surface area contributed by atoms with E-state index in [-0.39, 0.29) is 11.9 Å². The van der Waals surface area contributed by atoms with Crippen molar-refractivity contribution < 1.29 is 18.4 Å². The van der Waals surface area contributed by atoms with Crippen LogP contribution < -0.4 is 5.32 Å². The van der Waals surface area contributed by atoms with Gasteiger partial charge in [-0.25, -0.2) is 4.57 Å². The van der Waals surface area contributed by atoms with E-state index in [2.05, 4.69) is 12.2 Å². The van der Waals surface area contributed by atoms with Crippen LogP contribution in [0, 0.1) is 0 Å². The van der Waals surface area contributed by atoms with Crippen molar-refractivity contribution in [2.24, 2.45) is 0 Å².